The van der Waals surface area contributed by atoms with Gasteiger partial charge in [-0.05, 0) is 77.0 Å². The third-order valence-electron chi connectivity index (χ3n) is 4.59. The summed E-state index contributed by atoms with van der Waals surface area (Å²) in [5.74, 6) is 1.15. The van der Waals surface area contributed by atoms with E-state index in [4.69, 9.17) is 26.4 Å². The van der Waals surface area contributed by atoms with Gasteiger partial charge in [-0.2, -0.15) is 0 Å². The molecule has 0 bridgehead atoms. The smallest absolute Gasteiger partial charge is 0.257 e. The molecule has 8 heteroatoms. The number of halogens is 1. The predicted octanol–water partition coefficient (Wildman–Crippen LogP) is 5.95. The van der Waals surface area contributed by atoms with Gasteiger partial charge in [0.1, 0.15) is 18.1 Å². The molecule has 0 atom stereocenters. The van der Waals surface area contributed by atoms with E-state index in [1.807, 2.05) is 24.3 Å². The van der Waals surface area contributed by atoms with E-state index in [1.165, 1.54) is 25.7 Å². The fraction of sp³-hybridized carbons (Fsp3) is 0.417. The number of methoxy groups -OCH3 is 1. The Morgan fingerprint density at radius 3 is 2.41 bits per heavy atom. The van der Waals surface area contributed by atoms with Crippen LogP contribution < -0.4 is 20.1 Å². The highest BCUT2D eigenvalue weighted by molar-refractivity contribution is 9.10. The summed E-state index contributed by atoms with van der Waals surface area (Å²) in [7, 11) is 1.61. The SMILES string of the molecule is CCCCCCCOc1ccc(NC(=S)NC(=O)c2ccc(OCCOC)c(Br)c2)cc1. The van der Waals surface area contributed by atoms with Crippen molar-refractivity contribution < 1.29 is 19.0 Å². The summed E-state index contributed by atoms with van der Waals surface area (Å²) in [5.41, 5.74) is 1.23. The minimum absolute atomic E-state index is 0.219. The molecule has 0 aliphatic carbocycles. The Morgan fingerprint density at radius 2 is 1.72 bits per heavy atom. The van der Waals surface area contributed by atoms with E-state index in [0.29, 0.717) is 29.0 Å². The number of benzene rings is 2. The first-order valence-corrected chi connectivity index (χ1v) is 12.0. The summed E-state index contributed by atoms with van der Waals surface area (Å²) in [6.07, 6.45) is 6.04. The van der Waals surface area contributed by atoms with Crippen LogP contribution in [0.2, 0.25) is 0 Å². The van der Waals surface area contributed by atoms with Crippen LogP contribution in [-0.4, -0.2) is 38.0 Å². The lowest BCUT2D eigenvalue weighted by atomic mass is 10.2. The van der Waals surface area contributed by atoms with Gasteiger partial charge in [-0.3, -0.25) is 10.1 Å². The van der Waals surface area contributed by atoms with Crippen LogP contribution >= 0.6 is 28.1 Å². The minimum Gasteiger partial charge on any atom is -0.494 e. The molecule has 174 valence electrons. The van der Waals surface area contributed by atoms with Gasteiger partial charge < -0.3 is 19.5 Å². The predicted molar refractivity (Wildman–Crippen MR) is 136 cm³/mol. The number of anilines is 1. The van der Waals surface area contributed by atoms with Crippen molar-refractivity contribution in [2.45, 2.75) is 39.0 Å². The van der Waals surface area contributed by atoms with E-state index >= 15 is 0 Å². The molecule has 6 nitrogen and oxygen atoms in total. The number of carbonyl (C=O) groups excluding carboxylic acids is 1. The molecule has 0 radical (unpaired) electrons. The second-order valence-corrected chi connectivity index (χ2v) is 8.44. The molecule has 0 heterocycles. The monoisotopic (exact) mass is 522 g/mol. The lowest BCUT2D eigenvalue weighted by Crippen LogP contribution is -2.34. The van der Waals surface area contributed by atoms with E-state index < -0.39 is 0 Å². The number of rotatable bonds is 13. The molecule has 2 N–H and O–H groups in total. The fourth-order valence-corrected chi connectivity index (χ4v) is 3.57. The van der Waals surface area contributed by atoms with E-state index in [9.17, 15) is 4.79 Å². The van der Waals surface area contributed by atoms with Crippen LogP contribution in [0, 0.1) is 0 Å². The van der Waals surface area contributed by atoms with E-state index in [0.717, 1.165) is 24.5 Å². The zero-order chi connectivity index (χ0) is 23.2. The largest absolute Gasteiger partial charge is 0.494 e. The first kappa shape index (κ1) is 26.1. The Balaban J connectivity index is 1.78. The Bertz CT molecular complexity index is 862. The molecule has 0 unspecified atom stereocenters. The minimum atomic E-state index is -0.310. The second kappa shape index (κ2) is 14.8. The maximum Gasteiger partial charge on any atom is 0.257 e. The van der Waals surface area contributed by atoms with Crippen LogP contribution in [0.3, 0.4) is 0 Å². The third kappa shape index (κ3) is 9.54. The summed E-state index contributed by atoms with van der Waals surface area (Å²) in [5, 5.41) is 5.92. The van der Waals surface area contributed by atoms with Crippen molar-refractivity contribution in [3.63, 3.8) is 0 Å². The average molecular weight is 523 g/mol. The lowest BCUT2D eigenvalue weighted by molar-refractivity contribution is 0.0977. The number of ether oxygens (including phenoxy) is 3. The highest BCUT2D eigenvalue weighted by atomic mass is 79.9. The summed E-state index contributed by atoms with van der Waals surface area (Å²) in [6, 6.07) is 12.6. The van der Waals surface area contributed by atoms with Crippen molar-refractivity contribution in [1.82, 2.24) is 5.32 Å². The quantitative estimate of drug-likeness (QED) is 0.250. The molecule has 32 heavy (non-hydrogen) atoms. The molecular formula is C24H31BrN2O4S. The molecule has 2 aromatic rings. The fourth-order valence-electron chi connectivity index (χ4n) is 2.86. The van der Waals surface area contributed by atoms with Crippen molar-refractivity contribution in [2.24, 2.45) is 0 Å². The van der Waals surface area contributed by atoms with Crippen LogP contribution in [0.4, 0.5) is 5.69 Å². The number of hydrogen-bond acceptors (Lipinski definition) is 5. The van der Waals surface area contributed by atoms with Crippen LogP contribution in [0.5, 0.6) is 11.5 Å². The average Bonchev–Trinajstić information content (AvgIpc) is 2.78. The Hall–Kier alpha value is -2.16. The summed E-state index contributed by atoms with van der Waals surface area (Å²) < 4.78 is 17.0. The summed E-state index contributed by atoms with van der Waals surface area (Å²) in [4.78, 5) is 12.5. The Morgan fingerprint density at radius 1 is 0.969 bits per heavy atom. The second-order valence-electron chi connectivity index (χ2n) is 7.18. The molecular weight excluding hydrogens is 492 g/mol. The standard InChI is InChI=1S/C24H31BrN2O4S/c1-3-4-5-6-7-14-30-20-11-9-19(10-12-20)26-24(32)27-23(28)18-8-13-22(21(25)17-18)31-16-15-29-2/h8-13,17H,3-7,14-16H2,1-2H3,(H2,26,27,28,32). The number of nitrogens with one attached hydrogen (secondary N) is 2. The van der Waals surface area contributed by atoms with Crippen LogP contribution in [0.15, 0.2) is 46.9 Å². The molecule has 0 spiro atoms. The molecule has 2 rings (SSSR count). The zero-order valence-corrected chi connectivity index (χ0v) is 21.0. The molecule has 0 aliphatic heterocycles. The highest BCUT2D eigenvalue weighted by Crippen LogP contribution is 2.26. The van der Waals surface area contributed by atoms with Gasteiger partial charge in [0, 0.05) is 18.4 Å². The van der Waals surface area contributed by atoms with Crippen LogP contribution in [0.1, 0.15) is 49.4 Å². The van der Waals surface area contributed by atoms with Gasteiger partial charge in [0.15, 0.2) is 5.11 Å². The van der Waals surface area contributed by atoms with E-state index in [-0.39, 0.29) is 11.0 Å². The number of unbranched alkanes of at least 4 members (excludes halogenated alkanes) is 4. The van der Waals surface area contributed by atoms with Gasteiger partial charge in [0.05, 0.1) is 17.7 Å². The maximum absolute atomic E-state index is 12.5. The molecule has 0 aromatic heterocycles. The van der Waals surface area contributed by atoms with Crippen LogP contribution in [-0.2, 0) is 4.74 Å². The maximum atomic E-state index is 12.5. The third-order valence-corrected chi connectivity index (χ3v) is 5.42. The Kier molecular flexibility index (Phi) is 12.1. The lowest BCUT2D eigenvalue weighted by Gasteiger charge is -2.12. The normalized spacial score (nSPS) is 10.5. The number of amides is 1. The summed E-state index contributed by atoms with van der Waals surface area (Å²) in [6.45, 7) is 3.84. The van der Waals surface area contributed by atoms with Gasteiger partial charge in [-0.25, -0.2) is 0 Å². The number of thiocarbonyl (C=S) groups is 1. The van der Waals surface area contributed by atoms with Crippen molar-refractivity contribution in [1.29, 1.82) is 0 Å². The molecule has 2 aromatic carbocycles. The number of hydrogen-bond donors (Lipinski definition) is 2. The zero-order valence-electron chi connectivity index (χ0n) is 18.6. The van der Waals surface area contributed by atoms with Gasteiger partial charge in [-0.15, -0.1) is 0 Å². The van der Waals surface area contributed by atoms with Gasteiger partial charge in [0.25, 0.3) is 5.91 Å². The first-order chi connectivity index (χ1) is 15.5. The topological polar surface area (TPSA) is 68.8 Å². The van der Waals surface area contributed by atoms with Crippen molar-refractivity contribution >= 4 is 44.9 Å². The van der Waals surface area contributed by atoms with E-state index in [2.05, 4.69) is 33.5 Å². The summed E-state index contributed by atoms with van der Waals surface area (Å²) >= 11 is 8.69. The Labute approximate surface area is 204 Å². The number of carbonyl (C=O) groups is 1. The molecule has 0 fully saturated rings. The molecule has 0 saturated carbocycles. The van der Waals surface area contributed by atoms with Crippen LogP contribution in [0.25, 0.3) is 0 Å². The van der Waals surface area contributed by atoms with Crippen molar-refractivity contribution in [2.75, 3.05) is 32.2 Å². The van der Waals surface area contributed by atoms with Gasteiger partial charge >= 0.3 is 0 Å². The van der Waals surface area contributed by atoms with Crippen molar-refractivity contribution in [3.05, 3.63) is 52.5 Å². The van der Waals surface area contributed by atoms with E-state index in [1.54, 1.807) is 25.3 Å². The highest BCUT2D eigenvalue weighted by Gasteiger charge is 2.11. The van der Waals surface area contributed by atoms with Gasteiger partial charge in [-0.1, -0.05) is 32.6 Å². The first-order valence-electron chi connectivity index (χ1n) is 10.8. The molecule has 0 saturated heterocycles. The van der Waals surface area contributed by atoms with Crippen molar-refractivity contribution in [3.8, 4) is 11.5 Å². The molecule has 0 aliphatic rings. The van der Waals surface area contributed by atoms with Gasteiger partial charge in [0.2, 0.25) is 0 Å². The molecule has 1 amide bonds.